The van der Waals surface area contributed by atoms with Crippen molar-refractivity contribution in [2.24, 2.45) is 0 Å². The van der Waals surface area contributed by atoms with Gasteiger partial charge in [-0.25, -0.2) is 0 Å². The normalized spacial score (nSPS) is 21.9. The Hall–Kier alpha value is -0.380. The zero-order chi connectivity index (χ0) is 10.8. The number of halogens is 1. The number of anilines is 1. The average Bonchev–Trinajstić information content (AvgIpc) is 2.57. The van der Waals surface area contributed by atoms with E-state index >= 15 is 0 Å². The van der Waals surface area contributed by atoms with Crippen LogP contribution in [0.15, 0.2) is 18.2 Å². The summed E-state index contributed by atoms with van der Waals surface area (Å²) in [5.41, 5.74) is 2.76. The van der Waals surface area contributed by atoms with Gasteiger partial charge in [-0.1, -0.05) is 11.6 Å². The molecule has 1 heterocycles. The number of thioether (sulfide) groups is 1. The van der Waals surface area contributed by atoms with E-state index in [0.717, 1.165) is 11.6 Å². The standard InChI is InChI=1S/C11H15ClN2S/c1-8-7-9(12)3-4-10(8)13-11-14(2)5-6-15-11/h3-4,7,11,13H,5-6H2,1-2H3. The molecule has 2 nitrogen and oxygen atoms in total. The summed E-state index contributed by atoms with van der Waals surface area (Å²) in [4.78, 5) is 2.32. The maximum atomic E-state index is 5.92. The van der Waals surface area contributed by atoms with Crippen molar-refractivity contribution in [3.8, 4) is 0 Å². The second-order valence-electron chi connectivity index (χ2n) is 3.81. The second-order valence-corrected chi connectivity index (χ2v) is 5.43. The summed E-state index contributed by atoms with van der Waals surface area (Å²) in [5, 5.41) is 4.31. The molecule has 0 spiro atoms. The van der Waals surface area contributed by atoms with Gasteiger partial charge in [-0.2, -0.15) is 0 Å². The van der Waals surface area contributed by atoms with Crippen molar-refractivity contribution in [1.82, 2.24) is 4.90 Å². The van der Waals surface area contributed by atoms with E-state index in [2.05, 4.69) is 24.2 Å². The Balaban J connectivity index is 2.10. The smallest absolute Gasteiger partial charge is 0.128 e. The van der Waals surface area contributed by atoms with E-state index in [1.54, 1.807) is 0 Å². The zero-order valence-electron chi connectivity index (χ0n) is 8.96. The van der Waals surface area contributed by atoms with E-state index in [4.69, 9.17) is 11.6 Å². The molecule has 1 N–H and O–H groups in total. The Morgan fingerprint density at radius 1 is 1.53 bits per heavy atom. The van der Waals surface area contributed by atoms with E-state index in [-0.39, 0.29) is 0 Å². The lowest BCUT2D eigenvalue weighted by Gasteiger charge is -2.22. The van der Waals surface area contributed by atoms with E-state index in [1.807, 2.05) is 30.0 Å². The van der Waals surface area contributed by atoms with Crippen molar-refractivity contribution in [3.63, 3.8) is 0 Å². The van der Waals surface area contributed by atoms with Crippen LogP contribution in [0.4, 0.5) is 5.69 Å². The molecule has 1 unspecified atom stereocenters. The van der Waals surface area contributed by atoms with Crippen molar-refractivity contribution < 1.29 is 0 Å². The molecule has 1 fully saturated rings. The number of hydrogen-bond donors (Lipinski definition) is 1. The first-order valence-corrected chi connectivity index (χ1v) is 6.44. The van der Waals surface area contributed by atoms with Crippen LogP contribution in [-0.4, -0.2) is 29.7 Å². The molecule has 4 heteroatoms. The van der Waals surface area contributed by atoms with Gasteiger partial charge >= 0.3 is 0 Å². The molecule has 82 valence electrons. The van der Waals surface area contributed by atoms with Gasteiger partial charge in [0, 0.05) is 23.0 Å². The lowest BCUT2D eigenvalue weighted by Crippen LogP contribution is -2.30. The van der Waals surface area contributed by atoms with Crippen LogP contribution >= 0.6 is 23.4 Å². The van der Waals surface area contributed by atoms with E-state index < -0.39 is 0 Å². The molecule has 0 aliphatic carbocycles. The maximum absolute atomic E-state index is 5.92. The number of rotatable bonds is 2. The monoisotopic (exact) mass is 242 g/mol. The average molecular weight is 243 g/mol. The Bertz CT molecular complexity index is 356. The van der Waals surface area contributed by atoms with Crippen LogP contribution in [0.3, 0.4) is 0 Å². The van der Waals surface area contributed by atoms with E-state index in [0.29, 0.717) is 5.50 Å². The third-order valence-electron chi connectivity index (χ3n) is 2.59. The molecule has 1 aliphatic heterocycles. The van der Waals surface area contributed by atoms with Crippen molar-refractivity contribution >= 4 is 29.1 Å². The van der Waals surface area contributed by atoms with Crippen molar-refractivity contribution in [3.05, 3.63) is 28.8 Å². The first-order chi connectivity index (χ1) is 7.16. The molecule has 1 aromatic carbocycles. The van der Waals surface area contributed by atoms with Crippen molar-refractivity contribution in [1.29, 1.82) is 0 Å². The fourth-order valence-electron chi connectivity index (χ4n) is 1.63. The number of nitrogens with zero attached hydrogens (tertiary/aromatic N) is 1. The van der Waals surface area contributed by atoms with Crippen LogP contribution in [0.25, 0.3) is 0 Å². The summed E-state index contributed by atoms with van der Waals surface area (Å²) >= 11 is 7.86. The summed E-state index contributed by atoms with van der Waals surface area (Å²) in [6.07, 6.45) is 0. The van der Waals surface area contributed by atoms with Crippen molar-refractivity contribution in [2.75, 3.05) is 24.7 Å². The Morgan fingerprint density at radius 2 is 2.33 bits per heavy atom. The quantitative estimate of drug-likeness (QED) is 0.858. The zero-order valence-corrected chi connectivity index (χ0v) is 10.5. The summed E-state index contributed by atoms with van der Waals surface area (Å²) in [6.45, 7) is 3.23. The Kier molecular flexibility index (Phi) is 3.44. The molecule has 0 aromatic heterocycles. The molecule has 0 amide bonds. The molecule has 0 bridgehead atoms. The molecular formula is C11H15ClN2S. The highest BCUT2D eigenvalue weighted by Crippen LogP contribution is 2.26. The molecule has 1 aliphatic rings. The second kappa shape index (κ2) is 4.64. The molecule has 1 atom stereocenters. The molecular weight excluding hydrogens is 228 g/mol. The minimum atomic E-state index is 0.393. The lowest BCUT2D eigenvalue weighted by molar-refractivity contribution is 0.375. The minimum absolute atomic E-state index is 0.393. The number of nitrogens with one attached hydrogen (secondary N) is 1. The van der Waals surface area contributed by atoms with Gasteiger partial charge in [-0.3, -0.25) is 4.90 Å². The summed E-state index contributed by atoms with van der Waals surface area (Å²) in [7, 11) is 2.14. The topological polar surface area (TPSA) is 15.3 Å². The highest BCUT2D eigenvalue weighted by molar-refractivity contribution is 8.00. The van der Waals surface area contributed by atoms with Crippen LogP contribution in [0.1, 0.15) is 5.56 Å². The van der Waals surface area contributed by atoms with Gasteiger partial charge in [0.1, 0.15) is 5.50 Å². The van der Waals surface area contributed by atoms with Gasteiger partial charge in [-0.05, 0) is 37.7 Å². The third kappa shape index (κ3) is 2.60. The molecule has 1 saturated heterocycles. The summed E-state index contributed by atoms with van der Waals surface area (Å²) in [5.74, 6) is 1.20. The highest BCUT2D eigenvalue weighted by Gasteiger charge is 2.21. The predicted octanol–water partition coefficient (Wildman–Crippen LogP) is 3.02. The maximum Gasteiger partial charge on any atom is 0.128 e. The highest BCUT2D eigenvalue weighted by atomic mass is 35.5. The number of benzene rings is 1. The van der Waals surface area contributed by atoms with Crippen LogP contribution in [-0.2, 0) is 0 Å². The largest absolute Gasteiger partial charge is 0.361 e. The van der Waals surface area contributed by atoms with Crippen LogP contribution in [0.2, 0.25) is 5.02 Å². The fourth-order valence-corrected chi connectivity index (χ4v) is 3.04. The summed E-state index contributed by atoms with van der Waals surface area (Å²) in [6, 6.07) is 5.96. The number of hydrogen-bond acceptors (Lipinski definition) is 3. The molecule has 0 saturated carbocycles. The van der Waals surface area contributed by atoms with Crippen molar-refractivity contribution in [2.45, 2.75) is 12.4 Å². The van der Waals surface area contributed by atoms with E-state index in [9.17, 15) is 0 Å². The molecule has 0 radical (unpaired) electrons. The summed E-state index contributed by atoms with van der Waals surface area (Å²) < 4.78 is 0. The first kappa shape index (κ1) is 11.1. The fraction of sp³-hybridized carbons (Fsp3) is 0.455. The van der Waals surface area contributed by atoms with Gasteiger partial charge in [0.2, 0.25) is 0 Å². The van der Waals surface area contributed by atoms with E-state index in [1.165, 1.54) is 17.0 Å². The van der Waals surface area contributed by atoms with Gasteiger partial charge < -0.3 is 5.32 Å². The third-order valence-corrected chi connectivity index (χ3v) is 4.03. The Labute approximate surface area is 100.0 Å². The van der Waals surface area contributed by atoms with Gasteiger partial charge in [-0.15, -0.1) is 11.8 Å². The molecule has 2 rings (SSSR count). The lowest BCUT2D eigenvalue weighted by atomic mass is 10.2. The first-order valence-electron chi connectivity index (χ1n) is 5.01. The predicted molar refractivity (Wildman–Crippen MR) is 68.7 cm³/mol. The Morgan fingerprint density at radius 3 is 2.93 bits per heavy atom. The van der Waals surface area contributed by atoms with Gasteiger partial charge in [0.05, 0.1) is 0 Å². The SMILES string of the molecule is Cc1cc(Cl)ccc1NC1SCCN1C. The molecule has 1 aromatic rings. The van der Waals surface area contributed by atoms with Gasteiger partial charge in [0.25, 0.3) is 0 Å². The number of aryl methyl sites for hydroxylation is 1. The molecule has 15 heavy (non-hydrogen) atoms. The van der Waals surface area contributed by atoms with Gasteiger partial charge in [0.15, 0.2) is 0 Å². The minimum Gasteiger partial charge on any atom is -0.361 e. The van der Waals surface area contributed by atoms with Crippen LogP contribution in [0, 0.1) is 6.92 Å². The van der Waals surface area contributed by atoms with Crippen LogP contribution < -0.4 is 5.32 Å². The van der Waals surface area contributed by atoms with Crippen LogP contribution in [0.5, 0.6) is 0 Å².